The number of ether oxygens (including phenoxy) is 1. The fraction of sp³-hybridized carbons (Fsp3) is 0.417. The number of fused-ring (bicyclic) bond motifs is 1. The van der Waals surface area contributed by atoms with Crippen LogP contribution in [0.3, 0.4) is 0 Å². The molecule has 2 aromatic rings. The summed E-state index contributed by atoms with van der Waals surface area (Å²) in [5.74, 6) is 0.0255. The third-order valence-electron chi connectivity index (χ3n) is 6.65. The topological polar surface area (TPSA) is 85.9 Å². The number of hydrogen-bond acceptors (Lipinski definition) is 6. The van der Waals surface area contributed by atoms with E-state index in [2.05, 4.69) is 16.1 Å². The van der Waals surface area contributed by atoms with E-state index in [1.54, 1.807) is 24.3 Å². The summed E-state index contributed by atoms with van der Waals surface area (Å²) in [4.78, 5) is 25.9. The van der Waals surface area contributed by atoms with Crippen LogP contribution in [-0.2, 0) is 14.3 Å². The highest BCUT2D eigenvalue weighted by Crippen LogP contribution is 2.47. The van der Waals surface area contributed by atoms with E-state index in [-0.39, 0.29) is 30.2 Å². The number of rotatable bonds is 6. The van der Waals surface area contributed by atoms with Crippen molar-refractivity contribution in [1.29, 1.82) is 0 Å². The van der Waals surface area contributed by atoms with Crippen LogP contribution in [-0.4, -0.2) is 61.3 Å². The molecule has 2 amide bonds. The standard InChI is InChI=1S/C24H28FN5O3/c1-26-24(32)22-18-7-2-3-8-20(18)28-30(22)29-9-10-33-14-21(29)23(31)27-13-16-12-19(16)15-5-4-6-17(25)11-15/h2-8,11,16,19,21-22,28H,9-10,12-14H2,1H3,(H,26,32)(H,27,31). The molecule has 8 nitrogen and oxygen atoms in total. The van der Waals surface area contributed by atoms with Crippen molar-refractivity contribution in [2.45, 2.75) is 24.4 Å². The van der Waals surface area contributed by atoms with Crippen LogP contribution in [0.25, 0.3) is 0 Å². The van der Waals surface area contributed by atoms with Crippen LogP contribution >= 0.6 is 0 Å². The Morgan fingerprint density at radius 3 is 2.85 bits per heavy atom. The Morgan fingerprint density at radius 2 is 2.03 bits per heavy atom. The molecule has 0 aromatic heterocycles. The maximum Gasteiger partial charge on any atom is 0.245 e. The Hall–Kier alpha value is -3.01. The minimum atomic E-state index is -0.583. The van der Waals surface area contributed by atoms with Crippen molar-refractivity contribution in [3.05, 3.63) is 65.5 Å². The normalized spacial score (nSPS) is 26.8. The summed E-state index contributed by atoms with van der Waals surface area (Å²) < 4.78 is 19.1. The molecule has 1 aliphatic carbocycles. The molecular formula is C24H28FN5O3. The Balaban J connectivity index is 1.26. The fourth-order valence-corrected chi connectivity index (χ4v) is 4.79. The summed E-state index contributed by atoms with van der Waals surface area (Å²) >= 11 is 0. The number of carbonyl (C=O) groups excluding carboxylic acids is 2. The molecule has 0 spiro atoms. The molecule has 4 unspecified atom stereocenters. The van der Waals surface area contributed by atoms with Gasteiger partial charge in [0.1, 0.15) is 11.9 Å². The van der Waals surface area contributed by atoms with Crippen molar-refractivity contribution >= 4 is 17.5 Å². The molecule has 33 heavy (non-hydrogen) atoms. The Bertz CT molecular complexity index is 1050. The van der Waals surface area contributed by atoms with Gasteiger partial charge in [0.05, 0.1) is 18.9 Å². The number of para-hydroxylation sites is 1. The van der Waals surface area contributed by atoms with Crippen LogP contribution in [0.4, 0.5) is 10.1 Å². The van der Waals surface area contributed by atoms with Crippen LogP contribution < -0.4 is 16.1 Å². The Labute approximate surface area is 192 Å². The minimum absolute atomic E-state index is 0.145. The molecule has 5 rings (SSSR count). The quantitative estimate of drug-likeness (QED) is 0.619. The van der Waals surface area contributed by atoms with Gasteiger partial charge in [0, 0.05) is 25.7 Å². The van der Waals surface area contributed by atoms with Crippen LogP contribution in [0.2, 0.25) is 0 Å². The number of likely N-dealkylation sites (N-methyl/N-ethyl adjacent to an activating group) is 1. The van der Waals surface area contributed by atoms with Crippen molar-refractivity contribution in [2.75, 3.05) is 38.8 Å². The molecular weight excluding hydrogens is 425 g/mol. The first-order valence-electron chi connectivity index (χ1n) is 11.3. The smallest absolute Gasteiger partial charge is 0.245 e. The van der Waals surface area contributed by atoms with Crippen molar-refractivity contribution in [3.63, 3.8) is 0 Å². The van der Waals surface area contributed by atoms with E-state index in [9.17, 15) is 14.0 Å². The highest BCUT2D eigenvalue weighted by molar-refractivity contribution is 5.87. The monoisotopic (exact) mass is 453 g/mol. The summed E-state index contributed by atoms with van der Waals surface area (Å²) in [6.07, 6.45) is 0.927. The lowest BCUT2D eigenvalue weighted by Crippen LogP contribution is -2.62. The first-order chi connectivity index (χ1) is 16.1. The third-order valence-corrected chi connectivity index (χ3v) is 6.65. The van der Waals surface area contributed by atoms with E-state index in [4.69, 9.17) is 4.74 Å². The molecule has 2 aliphatic heterocycles. The molecule has 174 valence electrons. The largest absolute Gasteiger partial charge is 0.378 e. The second-order valence-corrected chi connectivity index (χ2v) is 8.72. The number of amides is 2. The van der Waals surface area contributed by atoms with E-state index in [1.165, 1.54) is 6.07 Å². The molecule has 2 fully saturated rings. The zero-order chi connectivity index (χ0) is 22.9. The number of benzene rings is 2. The zero-order valence-corrected chi connectivity index (χ0v) is 18.5. The van der Waals surface area contributed by atoms with E-state index in [0.29, 0.717) is 25.6 Å². The number of anilines is 1. The van der Waals surface area contributed by atoms with Gasteiger partial charge in [-0.05, 0) is 42.0 Å². The predicted molar refractivity (Wildman–Crippen MR) is 120 cm³/mol. The van der Waals surface area contributed by atoms with E-state index >= 15 is 0 Å². The number of hydrazine groups is 2. The lowest BCUT2D eigenvalue weighted by atomic mass is 10.1. The average molecular weight is 454 g/mol. The number of hydrogen-bond donors (Lipinski definition) is 3. The number of nitrogens with zero attached hydrogens (tertiary/aromatic N) is 2. The Kier molecular flexibility index (Phi) is 6.01. The van der Waals surface area contributed by atoms with E-state index in [0.717, 1.165) is 23.2 Å². The number of nitrogens with one attached hydrogen (secondary N) is 3. The van der Waals surface area contributed by atoms with Gasteiger partial charge >= 0.3 is 0 Å². The highest BCUT2D eigenvalue weighted by atomic mass is 19.1. The molecule has 9 heteroatoms. The van der Waals surface area contributed by atoms with E-state index in [1.807, 2.05) is 35.3 Å². The van der Waals surface area contributed by atoms with Crippen LogP contribution in [0.15, 0.2) is 48.5 Å². The van der Waals surface area contributed by atoms with Gasteiger partial charge in [-0.1, -0.05) is 30.3 Å². The molecule has 1 saturated heterocycles. The SMILES string of the molecule is CNC(=O)C1c2ccccc2NN1N1CCOCC1C(=O)NCC1CC1c1cccc(F)c1. The van der Waals surface area contributed by atoms with Gasteiger partial charge in [0.2, 0.25) is 11.8 Å². The maximum atomic E-state index is 13.5. The van der Waals surface area contributed by atoms with Gasteiger partial charge in [-0.3, -0.25) is 9.59 Å². The summed E-state index contributed by atoms with van der Waals surface area (Å²) in [5.41, 5.74) is 5.97. The Morgan fingerprint density at radius 1 is 1.18 bits per heavy atom. The molecule has 3 aliphatic rings. The molecule has 2 heterocycles. The van der Waals surface area contributed by atoms with Crippen LogP contribution in [0.5, 0.6) is 0 Å². The van der Waals surface area contributed by atoms with Gasteiger partial charge in [-0.25, -0.2) is 9.40 Å². The molecule has 0 radical (unpaired) electrons. The lowest BCUT2D eigenvalue weighted by molar-refractivity contribution is -0.163. The number of halogens is 1. The molecule has 0 bridgehead atoms. The first kappa shape index (κ1) is 21.8. The summed E-state index contributed by atoms with van der Waals surface area (Å²) in [6, 6.07) is 13.1. The van der Waals surface area contributed by atoms with E-state index < -0.39 is 12.1 Å². The number of morpholine rings is 1. The molecule has 3 N–H and O–H groups in total. The second-order valence-electron chi connectivity index (χ2n) is 8.72. The minimum Gasteiger partial charge on any atom is -0.378 e. The first-order valence-corrected chi connectivity index (χ1v) is 11.3. The summed E-state index contributed by atoms with van der Waals surface area (Å²) in [5, 5.41) is 9.42. The zero-order valence-electron chi connectivity index (χ0n) is 18.5. The van der Waals surface area contributed by atoms with Crippen molar-refractivity contribution < 1.29 is 18.7 Å². The predicted octanol–water partition coefficient (Wildman–Crippen LogP) is 1.79. The van der Waals surface area contributed by atoms with Gasteiger partial charge in [-0.15, -0.1) is 5.12 Å². The van der Waals surface area contributed by atoms with Crippen molar-refractivity contribution in [1.82, 2.24) is 20.8 Å². The summed E-state index contributed by atoms with van der Waals surface area (Å²) in [7, 11) is 1.61. The van der Waals surface area contributed by atoms with Gasteiger partial charge in [0.15, 0.2) is 6.04 Å². The fourth-order valence-electron chi connectivity index (χ4n) is 4.79. The van der Waals surface area contributed by atoms with Crippen LogP contribution in [0.1, 0.15) is 29.5 Å². The van der Waals surface area contributed by atoms with Gasteiger partial charge < -0.3 is 20.8 Å². The second kappa shape index (κ2) is 9.09. The molecule has 1 saturated carbocycles. The average Bonchev–Trinajstić information content (AvgIpc) is 3.52. The highest BCUT2D eigenvalue weighted by Gasteiger charge is 2.44. The molecule has 2 aromatic carbocycles. The summed E-state index contributed by atoms with van der Waals surface area (Å²) in [6.45, 7) is 1.70. The third kappa shape index (κ3) is 4.31. The van der Waals surface area contributed by atoms with Crippen molar-refractivity contribution in [2.24, 2.45) is 5.92 Å². The lowest BCUT2D eigenvalue weighted by Gasteiger charge is -2.41. The van der Waals surface area contributed by atoms with Crippen molar-refractivity contribution in [3.8, 4) is 0 Å². The molecule has 4 atom stereocenters. The number of carbonyl (C=O) groups is 2. The van der Waals surface area contributed by atoms with Gasteiger partial charge in [0.25, 0.3) is 0 Å². The van der Waals surface area contributed by atoms with Crippen LogP contribution in [0, 0.1) is 11.7 Å². The van der Waals surface area contributed by atoms with Gasteiger partial charge in [-0.2, -0.15) is 0 Å². The maximum absolute atomic E-state index is 13.5.